The number of hydrogen-bond donors (Lipinski definition) is 1. The van der Waals surface area contributed by atoms with Gasteiger partial charge < -0.3 is 5.73 Å². The van der Waals surface area contributed by atoms with Crippen molar-refractivity contribution in [2.24, 2.45) is 5.73 Å². The second-order valence-electron chi connectivity index (χ2n) is 5.47. The molecule has 0 aliphatic carbocycles. The molecule has 1 aromatic rings. The van der Waals surface area contributed by atoms with Crippen molar-refractivity contribution in [2.75, 3.05) is 0 Å². The maximum absolute atomic E-state index is 13.9. The predicted octanol–water partition coefficient (Wildman–Crippen LogP) is 3.22. The van der Waals surface area contributed by atoms with Crippen molar-refractivity contribution in [1.29, 1.82) is 0 Å². The molecule has 4 heteroatoms. The van der Waals surface area contributed by atoms with E-state index in [1.165, 1.54) is 25.3 Å². The topological polar surface area (TPSA) is 29.3 Å². The minimum atomic E-state index is -0.176. The zero-order valence-electron chi connectivity index (χ0n) is 11.5. The molecule has 1 saturated heterocycles. The highest BCUT2D eigenvalue weighted by atomic mass is 32.1. The second-order valence-corrected chi connectivity index (χ2v) is 5.91. The molecule has 0 radical (unpaired) electrons. The van der Waals surface area contributed by atoms with Gasteiger partial charge in [0.15, 0.2) is 0 Å². The number of likely N-dealkylation sites (tertiary alicyclic amines) is 1. The van der Waals surface area contributed by atoms with Gasteiger partial charge in [-0.05, 0) is 44.9 Å². The largest absolute Gasteiger partial charge is 0.389 e. The Morgan fingerprint density at radius 2 is 2.00 bits per heavy atom. The van der Waals surface area contributed by atoms with Crippen LogP contribution in [-0.4, -0.2) is 22.0 Å². The van der Waals surface area contributed by atoms with E-state index in [-0.39, 0.29) is 5.82 Å². The Bertz CT molecular complexity index is 465. The first-order chi connectivity index (χ1) is 8.99. The van der Waals surface area contributed by atoms with Crippen molar-refractivity contribution in [2.45, 2.75) is 51.7 Å². The van der Waals surface area contributed by atoms with Gasteiger partial charge in [0.25, 0.3) is 0 Å². The summed E-state index contributed by atoms with van der Waals surface area (Å²) in [5, 5.41) is 0. The summed E-state index contributed by atoms with van der Waals surface area (Å²) in [6.07, 6.45) is 3.62. The van der Waals surface area contributed by atoms with Crippen LogP contribution in [0.1, 0.15) is 44.2 Å². The summed E-state index contributed by atoms with van der Waals surface area (Å²) in [6.45, 7) is 5.06. The fourth-order valence-electron chi connectivity index (χ4n) is 2.83. The van der Waals surface area contributed by atoms with Crippen molar-refractivity contribution >= 4 is 17.2 Å². The molecule has 2 rings (SSSR count). The lowest BCUT2D eigenvalue weighted by Gasteiger charge is -2.39. The van der Waals surface area contributed by atoms with Crippen LogP contribution < -0.4 is 5.73 Å². The van der Waals surface area contributed by atoms with Crippen LogP contribution in [0.5, 0.6) is 0 Å². The van der Waals surface area contributed by atoms with Gasteiger partial charge in [0.2, 0.25) is 0 Å². The summed E-state index contributed by atoms with van der Waals surface area (Å²) in [4.78, 5) is 2.69. The number of hydrogen-bond acceptors (Lipinski definition) is 2. The molecule has 19 heavy (non-hydrogen) atoms. The molecule has 1 heterocycles. The van der Waals surface area contributed by atoms with E-state index in [4.69, 9.17) is 18.0 Å². The lowest BCUT2D eigenvalue weighted by Crippen LogP contribution is -2.43. The minimum absolute atomic E-state index is 0.176. The number of nitrogens with zero attached hydrogens (tertiary/aromatic N) is 1. The molecule has 1 aromatic carbocycles. The van der Waals surface area contributed by atoms with Crippen LogP contribution in [0.3, 0.4) is 0 Å². The van der Waals surface area contributed by atoms with E-state index in [1.807, 2.05) is 0 Å². The third kappa shape index (κ3) is 3.31. The van der Waals surface area contributed by atoms with Gasteiger partial charge in [-0.15, -0.1) is 0 Å². The molecular formula is C15H21FN2S. The van der Waals surface area contributed by atoms with E-state index in [1.54, 1.807) is 12.1 Å². The van der Waals surface area contributed by atoms with Crippen LogP contribution >= 0.6 is 12.2 Å². The predicted molar refractivity (Wildman–Crippen MR) is 80.6 cm³/mol. The molecule has 0 aromatic heterocycles. The maximum atomic E-state index is 13.9. The van der Waals surface area contributed by atoms with Crippen molar-refractivity contribution in [3.63, 3.8) is 0 Å². The van der Waals surface area contributed by atoms with Crippen LogP contribution in [0.4, 0.5) is 4.39 Å². The highest BCUT2D eigenvalue weighted by molar-refractivity contribution is 7.80. The van der Waals surface area contributed by atoms with Crippen molar-refractivity contribution in [1.82, 2.24) is 4.90 Å². The van der Waals surface area contributed by atoms with Crippen LogP contribution in [0.15, 0.2) is 18.2 Å². The fraction of sp³-hybridized carbons (Fsp3) is 0.533. The fourth-order valence-corrected chi connectivity index (χ4v) is 2.96. The van der Waals surface area contributed by atoms with E-state index in [0.29, 0.717) is 29.2 Å². The van der Waals surface area contributed by atoms with Gasteiger partial charge in [-0.25, -0.2) is 4.39 Å². The van der Waals surface area contributed by atoms with E-state index in [0.717, 1.165) is 5.56 Å². The number of nitrogens with two attached hydrogens (primary N) is 1. The number of benzene rings is 1. The average molecular weight is 280 g/mol. The Hall–Kier alpha value is -1.00. The van der Waals surface area contributed by atoms with Crippen molar-refractivity contribution in [3.05, 3.63) is 35.1 Å². The molecule has 0 saturated carbocycles. The lowest BCUT2D eigenvalue weighted by atomic mass is 9.96. The van der Waals surface area contributed by atoms with Gasteiger partial charge in [-0.2, -0.15) is 0 Å². The summed E-state index contributed by atoms with van der Waals surface area (Å²) >= 11 is 4.96. The molecule has 1 aliphatic rings. The monoisotopic (exact) mass is 280 g/mol. The van der Waals surface area contributed by atoms with Gasteiger partial charge in [0, 0.05) is 29.8 Å². The third-order valence-corrected chi connectivity index (χ3v) is 4.29. The van der Waals surface area contributed by atoms with E-state index >= 15 is 0 Å². The summed E-state index contributed by atoms with van der Waals surface area (Å²) in [7, 11) is 0. The highest BCUT2D eigenvalue weighted by Gasteiger charge is 2.25. The first-order valence-corrected chi connectivity index (χ1v) is 7.24. The molecular weight excluding hydrogens is 259 g/mol. The Labute approximate surface area is 119 Å². The average Bonchev–Trinajstić information content (AvgIpc) is 2.35. The Morgan fingerprint density at radius 1 is 1.37 bits per heavy atom. The highest BCUT2D eigenvalue weighted by Crippen LogP contribution is 2.25. The number of piperidine rings is 1. The zero-order chi connectivity index (χ0) is 14.0. The summed E-state index contributed by atoms with van der Waals surface area (Å²) < 4.78 is 13.9. The second kappa shape index (κ2) is 5.97. The van der Waals surface area contributed by atoms with Gasteiger partial charge >= 0.3 is 0 Å². The Morgan fingerprint density at radius 3 is 2.58 bits per heavy atom. The number of halogens is 1. The molecule has 1 aliphatic heterocycles. The number of rotatable bonds is 3. The van der Waals surface area contributed by atoms with Crippen molar-refractivity contribution in [3.8, 4) is 0 Å². The minimum Gasteiger partial charge on any atom is -0.389 e. The normalized spacial score (nSPS) is 24.4. The van der Waals surface area contributed by atoms with E-state index in [9.17, 15) is 4.39 Å². The van der Waals surface area contributed by atoms with Gasteiger partial charge in [-0.3, -0.25) is 4.90 Å². The van der Waals surface area contributed by atoms with E-state index < -0.39 is 0 Å². The van der Waals surface area contributed by atoms with E-state index in [2.05, 4.69) is 18.7 Å². The molecule has 2 nitrogen and oxygen atoms in total. The lowest BCUT2D eigenvalue weighted by molar-refractivity contribution is 0.0940. The zero-order valence-corrected chi connectivity index (χ0v) is 12.3. The Kier molecular flexibility index (Phi) is 4.53. The van der Waals surface area contributed by atoms with Crippen LogP contribution in [0.2, 0.25) is 0 Å². The molecule has 1 fully saturated rings. The van der Waals surface area contributed by atoms with Crippen LogP contribution in [-0.2, 0) is 6.54 Å². The first-order valence-electron chi connectivity index (χ1n) is 6.83. The molecule has 0 unspecified atom stereocenters. The summed E-state index contributed by atoms with van der Waals surface area (Å²) in [6, 6.07) is 5.88. The van der Waals surface area contributed by atoms with Gasteiger partial charge in [-0.1, -0.05) is 18.6 Å². The standard InChI is InChI=1S/C15H21FN2S/c1-10-4-3-5-11(2)18(10)9-13-8-12(15(17)19)6-7-14(13)16/h6-8,10-11H,3-5,9H2,1-2H3,(H2,17,19)/t10-,11+. The molecule has 2 atom stereocenters. The van der Waals surface area contributed by atoms with Crippen LogP contribution in [0, 0.1) is 5.82 Å². The Balaban J connectivity index is 2.21. The molecule has 104 valence electrons. The number of thiocarbonyl (C=S) groups is 1. The first kappa shape index (κ1) is 14.4. The smallest absolute Gasteiger partial charge is 0.127 e. The maximum Gasteiger partial charge on any atom is 0.127 e. The molecule has 2 N–H and O–H groups in total. The van der Waals surface area contributed by atoms with Crippen molar-refractivity contribution < 1.29 is 4.39 Å². The molecule has 0 bridgehead atoms. The van der Waals surface area contributed by atoms with Gasteiger partial charge in [0.1, 0.15) is 10.8 Å². The molecule has 0 amide bonds. The van der Waals surface area contributed by atoms with Crippen LogP contribution in [0.25, 0.3) is 0 Å². The SMILES string of the molecule is C[C@@H]1CCC[C@H](C)N1Cc1cc(C(N)=S)ccc1F. The summed E-state index contributed by atoms with van der Waals surface area (Å²) in [5.41, 5.74) is 7.04. The van der Waals surface area contributed by atoms with Gasteiger partial charge in [0.05, 0.1) is 0 Å². The quantitative estimate of drug-likeness (QED) is 0.862. The third-order valence-electron chi connectivity index (χ3n) is 4.06. The molecule has 0 spiro atoms. The summed E-state index contributed by atoms with van der Waals surface area (Å²) in [5.74, 6) is -0.176.